The first kappa shape index (κ1) is 45.1. The molecule has 1 aliphatic heterocycles. The number of amides is 3. The first-order valence-corrected chi connectivity index (χ1v) is 17.3. The molecular weight excluding hydrogens is 666 g/mol. The second-order valence-corrected chi connectivity index (χ2v) is 15.3. The van der Waals surface area contributed by atoms with E-state index in [-0.39, 0.29) is 48.1 Å². The van der Waals surface area contributed by atoms with E-state index in [1.54, 1.807) is 13.8 Å². The largest absolute Gasteiger partial charge is 0.426 e. The molecule has 0 spiro atoms. The van der Waals surface area contributed by atoms with Crippen LogP contribution in [0.5, 0.6) is 0 Å². The Balaban J connectivity index is 2.69. The predicted octanol–water partition coefficient (Wildman–Crippen LogP) is 1.13. The number of Topliss-reactive ketones (excluding diaryl/α,β-unsaturated/α-hetero) is 1. The number of carbonyl (C=O) groups is 8. The normalized spacial score (nSPS) is 17.4. The van der Waals surface area contributed by atoms with E-state index in [0.717, 1.165) is 0 Å². The monoisotopic (exact) mass is 725 g/mol. The van der Waals surface area contributed by atoms with E-state index in [2.05, 4.69) is 26.2 Å². The molecule has 0 aromatic rings. The summed E-state index contributed by atoms with van der Waals surface area (Å²) >= 11 is 0. The van der Waals surface area contributed by atoms with Gasteiger partial charge in [0.05, 0.1) is 12.3 Å². The maximum absolute atomic E-state index is 12.9. The lowest BCUT2D eigenvalue weighted by molar-refractivity contribution is -0.172. The Morgan fingerprint density at radius 1 is 0.706 bits per heavy atom. The summed E-state index contributed by atoms with van der Waals surface area (Å²) in [5.74, 6) is -6.42. The minimum absolute atomic E-state index is 0.0117. The minimum atomic E-state index is -1.17. The first-order chi connectivity index (χ1) is 23.5. The Labute approximate surface area is 301 Å². The Bertz CT molecular complexity index is 1260. The fraction of sp³-hybridized carbons (Fsp3) is 0.771. The van der Waals surface area contributed by atoms with Gasteiger partial charge < -0.3 is 35.5 Å². The van der Waals surface area contributed by atoms with E-state index in [1.807, 2.05) is 48.6 Å². The Hall–Kier alpha value is -3.92. The van der Waals surface area contributed by atoms with E-state index < -0.39 is 85.3 Å². The van der Waals surface area contributed by atoms with Gasteiger partial charge in [-0.2, -0.15) is 0 Å². The van der Waals surface area contributed by atoms with Crippen molar-refractivity contribution in [2.45, 2.75) is 130 Å². The topological polar surface area (TPSA) is 216 Å². The van der Waals surface area contributed by atoms with Crippen molar-refractivity contribution < 1.29 is 52.6 Å². The molecule has 0 radical (unpaired) electrons. The molecule has 290 valence electrons. The van der Waals surface area contributed by atoms with Gasteiger partial charge in [-0.15, -0.1) is 0 Å². The number of carbonyl (C=O) groups excluding carboxylic acids is 8. The van der Waals surface area contributed by atoms with Gasteiger partial charge in [-0.05, 0) is 86.2 Å². The van der Waals surface area contributed by atoms with E-state index in [4.69, 9.17) is 14.2 Å². The molecule has 1 rings (SSSR count). The van der Waals surface area contributed by atoms with Crippen molar-refractivity contribution in [1.82, 2.24) is 26.2 Å². The van der Waals surface area contributed by atoms with Crippen molar-refractivity contribution in [3.05, 3.63) is 0 Å². The maximum atomic E-state index is 12.9. The van der Waals surface area contributed by atoms with Crippen LogP contribution in [0.4, 0.5) is 0 Å². The van der Waals surface area contributed by atoms with Gasteiger partial charge >= 0.3 is 23.9 Å². The van der Waals surface area contributed by atoms with E-state index >= 15 is 0 Å². The molecule has 1 aliphatic rings. The summed E-state index contributed by atoms with van der Waals surface area (Å²) in [7, 11) is 3.46. The molecule has 16 nitrogen and oxygen atoms in total. The highest BCUT2D eigenvalue weighted by molar-refractivity contribution is 5.99. The lowest BCUT2D eigenvalue weighted by Gasteiger charge is -2.53. The highest BCUT2D eigenvalue weighted by Crippen LogP contribution is 2.40. The van der Waals surface area contributed by atoms with E-state index in [1.165, 1.54) is 14.0 Å². The molecule has 3 unspecified atom stereocenters. The number of esters is 4. The summed E-state index contributed by atoms with van der Waals surface area (Å²) in [6.45, 7) is 15.5. The third-order valence-electron chi connectivity index (χ3n) is 8.77. The van der Waals surface area contributed by atoms with Crippen LogP contribution in [0, 0.1) is 17.8 Å². The summed E-state index contributed by atoms with van der Waals surface area (Å²) in [4.78, 5) is 102. The molecule has 1 saturated heterocycles. The zero-order valence-electron chi connectivity index (χ0n) is 32.1. The van der Waals surface area contributed by atoms with Gasteiger partial charge in [0, 0.05) is 17.6 Å². The van der Waals surface area contributed by atoms with E-state index in [0.29, 0.717) is 12.8 Å². The molecular formula is C35H59N5O11. The summed E-state index contributed by atoms with van der Waals surface area (Å²) in [5.41, 5.74) is -0.587. The van der Waals surface area contributed by atoms with Crippen LogP contribution in [-0.4, -0.2) is 109 Å². The lowest BCUT2D eigenvalue weighted by Crippen LogP contribution is -2.59. The number of hydrogen-bond acceptors (Lipinski definition) is 13. The number of ether oxygens (including phenoxy) is 3. The van der Waals surface area contributed by atoms with Crippen molar-refractivity contribution in [2.75, 3.05) is 27.4 Å². The molecule has 51 heavy (non-hydrogen) atoms. The maximum Gasteiger partial charge on any atom is 0.332 e. The van der Waals surface area contributed by atoms with Crippen LogP contribution >= 0.6 is 0 Å². The summed E-state index contributed by atoms with van der Waals surface area (Å²) < 4.78 is 15.3. The number of likely N-dealkylation sites (tertiary alicyclic amines) is 1. The van der Waals surface area contributed by atoms with Crippen LogP contribution in [0.3, 0.4) is 0 Å². The highest BCUT2D eigenvalue weighted by Gasteiger charge is 2.46. The van der Waals surface area contributed by atoms with Crippen LogP contribution in [-0.2, 0) is 52.6 Å². The lowest BCUT2D eigenvalue weighted by atomic mass is 9.74. The van der Waals surface area contributed by atoms with Gasteiger partial charge in [0.15, 0.2) is 0 Å². The quantitative estimate of drug-likeness (QED) is 0.0836. The molecule has 0 aromatic carbocycles. The average Bonchev–Trinajstić information content (AvgIpc) is 2.98. The smallest absolute Gasteiger partial charge is 0.332 e. The Morgan fingerprint density at radius 2 is 1.16 bits per heavy atom. The molecule has 16 heteroatoms. The molecule has 0 bridgehead atoms. The number of likely N-dealkylation sites (N-methyl/N-ethyl adjacent to an activating group) is 1. The second-order valence-electron chi connectivity index (χ2n) is 15.3. The SMILES string of the molecule is CNC(CNC(=O)CC(=O)NC(CC(C)C)C(=O)OCOC(=O)C(CC(C)C)NC(=O)CC(C)=O)C(=O)OC(=O)C1CC(C)(C)N(C)C(C)(C)C1. The van der Waals surface area contributed by atoms with Crippen LogP contribution in [0.15, 0.2) is 0 Å². The Morgan fingerprint density at radius 3 is 1.57 bits per heavy atom. The average molecular weight is 726 g/mol. The van der Waals surface area contributed by atoms with Crippen molar-refractivity contribution in [1.29, 1.82) is 0 Å². The molecule has 1 fully saturated rings. The fourth-order valence-corrected chi connectivity index (χ4v) is 5.95. The zero-order chi connectivity index (χ0) is 39.3. The van der Waals surface area contributed by atoms with Crippen LogP contribution in [0.2, 0.25) is 0 Å². The standard InChI is InChI=1S/C35H59N5O11/c1-20(2)12-24(38-28(43)14-22(5)41)31(46)49-19-50-32(47)25(13-21(3)4)39-29(44)15-27(42)37-18-26(36-10)33(48)51-30(45)23-16-34(6,7)40(11)35(8,9)17-23/h20-21,23-26,36H,12-19H2,1-11H3,(H,37,42)(H,38,43)(H,39,44). The number of rotatable bonds is 19. The number of piperidine rings is 1. The number of ketones is 1. The number of hydrogen-bond donors (Lipinski definition) is 4. The first-order valence-electron chi connectivity index (χ1n) is 17.3. The fourth-order valence-electron chi connectivity index (χ4n) is 5.95. The zero-order valence-corrected chi connectivity index (χ0v) is 32.1. The molecule has 0 aliphatic carbocycles. The Kier molecular flexibility index (Phi) is 17.9. The van der Waals surface area contributed by atoms with Crippen LogP contribution in [0.1, 0.15) is 101 Å². The van der Waals surface area contributed by atoms with Crippen molar-refractivity contribution in [2.24, 2.45) is 17.8 Å². The molecule has 3 atom stereocenters. The highest BCUT2D eigenvalue weighted by atomic mass is 16.7. The van der Waals surface area contributed by atoms with Crippen molar-refractivity contribution in [3.8, 4) is 0 Å². The number of nitrogens with one attached hydrogen (secondary N) is 4. The predicted molar refractivity (Wildman–Crippen MR) is 185 cm³/mol. The van der Waals surface area contributed by atoms with Crippen molar-refractivity contribution >= 4 is 47.4 Å². The third-order valence-corrected chi connectivity index (χ3v) is 8.77. The third kappa shape index (κ3) is 15.9. The van der Waals surface area contributed by atoms with Gasteiger partial charge in [0.25, 0.3) is 0 Å². The van der Waals surface area contributed by atoms with Crippen molar-refractivity contribution in [3.63, 3.8) is 0 Å². The minimum Gasteiger partial charge on any atom is -0.426 e. The summed E-state index contributed by atoms with van der Waals surface area (Å²) in [6, 6.07) is -3.31. The van der Waals surface area contributed by atoms with Gasteiger partial charge in [-0.1, -0.05) is 27.7 Å². The molecule has 0 saturated carbocycles. The van der Waals surface area contributed by atoms with Crippen LogP contribution < -0.4 is 21.3 Å². The van der Waals surface area contributed by atoms with Gasteiger partial charge in [0.1, 0.15) is 30.3 Å². The number of nitrogens with zero attached hydrogens (tertiary/aromatic N) is 1. The van der Waals surface area contributed by atoms with Gasteiger partial charge in [-0.3, -0.25) is 28.9 Å². The van der Waals surface area contributed by atoms with Crippen LogP contribution in [0.25, 0.3) is 0 Å². The second kappa shape index (κ2) is 20.2. The van der Waals surface area contributed by atoms with E-state index in [9.17, 15) is 38.4 Å². The van der Waals surface area contributed by atoms with Gasteiger partial charge in [0.2, 0.25) is 24.5 Å². The molecule has 1 heterocycles. The summed E-state index contributed by atoms with van der Waals surface area (Å²) in [6.07, 6.45) is 0.294. The molecule has 4 N–H and O–H groups in total. The summed E-state index contributed by atoms with van der Waals surface area (Å²) in [5, 5.41) is 10.1. The molecule has 3 amide bonds. The molecule has 0 aromatic heterocycles. The van der Waals surface area contributed by atoms with Gasteiger partial charge in [-0.25, -0.2) is 14.4 Å².